The van der Waals surface area contributed by atoms with Crippen molar-refractivity contribution in [3.05, 3.63) is 0 Å². The van der Waals surface area contributed by atoms with Gasteiger partial charge in [0.1, 0.15) is 6.10 Å². The van der Waals surface area contributed by atoms with Crippen molar-refractivity contribution in [3.8, 4) is 0 Å². The van der Waals surface area contributed by atoms with E-state index in [1.807, 2.05) is 11.8 Å². The quantitative estimate of drug-likeness (QED) is 0.648. The van der Waals surface area contributed by atoms with Gasteiger partial charge in [0.05, 0.1) is 6.61 Å². The van der Waals surface area contributed by atoms with Crippen molar-refractivity contribution >= 4 is 0 Å². The van der Waals surface area contributed by atoms with Crippen molar-refractivity contribution in [1.29, 1.82) is 0 Å². The monoisotopic (exact) mass is 179 g/mol. The summed E-state index contributed by atoms with van der Waals surface area (Å²) in [5.74, 6) is 0. The highest BCUT2D eigenvalue weighted by Crippen LogP contribution is 2.12. The van der Waals surface area contributed by atoms with Gasteiger partial charge in [0.15, 0.2) is 0 Å². The van der Waals surface area contributed by atoms with E-state index in [-0.39, 0.29) is 0 Å². The SMILES string of the molecule is CCCN1CCOC(C(F)F)C1. The molecule has 0 aromatic rings. The minimum Gasteiger partial charge on any atom is -0.370 e. The molecule has 1 atom stereocenters. The molecule has 1 saturated heterocycles. The molecule has 1 unspecified atom stereocenters. The highest BCUT2D eigenvalue weighted by molar-refractivity contribution is 4.72. The zero-order chi connectivity index (χ0) is 8.97. The first-order chi connectivity index (χ1) is 5.74. The Bertz CT molecular complexity index is 130. The van der Waals surface area contributed by atoms with E-state index in [0.717, 1.165) is 19.5 Å². The van der Waals surface area contributed by atoms with Gasteiger partial charge in [-0.1, -0.05) is 6.92 Å². The molecule has 0 N–H and O–H groups in total. The molecule has 0 radical (unpaired) electrons. The zero-order valence-corrected chi connectivity index (χ0v) is 7.30. The summed E-state index contributed by atoms with van der Waals surface area (Å²) in [4.78, 5) is 2.03. The standard InChI is InChI=1S/C8H15F2NO/c1-2-3-11-4-5-12-7(6-11)8(9)10/h7-8H,2-6H2,1H3. The average molecular weight is 179 g/mol. The molecule has 1 aliphatic heterocycles. The fraction of sp³-hybridized carbons (Fsp3) is 1.00. The van der Waals surface area contributed by atoms with Gasteiger partial charge in [-0.3, -0.25) is 4.90 Å². The van der Waals surface area contributed by atoms with Crippen LogP contribution in [0.1, 0.15) is 13.3 Å². The van der Waals surface area contributed by atoms with Gasteiger partial charge in [0.25, 0.3) is 6.43 Å². The van der Waals surface area contributed by atoms with E-state index in [9.17, 15) is 8.78 Å². The Morgan fingerprint density at radius 3 is 2.92 bits per heavy atom. The summed E-state index contributed by atoms with van der Waals surface area (Å²) in [5.41, 5.74) is 0. The number of nitrogens with zero attached hydrogens (tertiary/aromatic N) is 1. The number of hydrogen-bond donors (Lipinski definition) is 0. The Hall–Kier alpha value is -0.220. The molecule has 0 spiro atoms. The molecule has 0 bridgehead atoms. The highest BCUT2D eigenvalue weighted by atomic mass is 19.3. The van der Waals surface area contributed by atoms with Gasteiger partial charge in [-0.2, -0.15) is 0 Å². The van der Waals surface area contributed by atoms with Crippen LogP contribution in [-0.2, 0) is 4.74 Å². The lowest BCUT2D eigenvalue weighted by molar-refractivity contribution is -0.102. The van der Waals surface area contributed by atoms with Crippen molar-refractivity contribution in [3.63, 3.8) is 0 Å². The van der Waals surface area contributed by atoms with Crippen LogP contribution >= 0.6 is 0 Å². The summed E-state index contributed by atoms with van der Waals surface area (Å²) in [5, 5.41) is 0. The van der Waals surface area contributed by atoms with Crippen LogP contribution in [0.3, 0.4) is 0 Å². The van der Waals surface area contributed by atoms with E-state index < -0.39 is 12.5 Å². The second-order valence-electron chi connectivity index (χ2n) is 3.04. The van der Waals surface area contributed by atoms with Crippen LogP contribution < -0.4 is 0 Å². The van der Waals surface area contributed by atoms with Gasteiger partial charge in [-0.25, -0.2) is 8.78 Å². The lowest BCUT2D eigenvalue weighted by Gasteiger charge is -2.32. The van der Waals surface area contributed by atoms with E-state index in [2.05, 4.69) is 0 Å². The number of rotatable bonds is 3. The van der Waals surface area contributed by atoms with Gasteiger partial charge in [-0.15, -0.1) is 0 Å². The molecule has 0 aliphatic carbocycles. The van der Waals surface area contributed by atoms with Crippen molar-refractivity contribution < 1.29 is 13.5 Å². The summed E-state index contributed by atoms with van der Waals surface area (Å²) in [6, 6.07) is 0. The summed E-state index contributed by atoms with van der Waals surface area (Å²) >= 11 is 0. The molecule has 0 amide bonds. The topological polar surface area (TPSA) is 12.5 Å². The molecule has 72 valence electrons. The van der Waals surface area contributed by atoms with E-state index in [1.54, 1.807) is 0 Å². The summed E-state index contributed by atoms with van der Waals surface area (Å²) in [6.07, 6.45) is -2.20. The first-order valence-electron chi connectivity index (χ1n) is 4.36. The zero-order valence-electron chi connectivity index (χ0n) is 7.30. The third-order valence-electron chi connectivity index (χ3n) is 2.00. The van der Waals surface area contributed by atoms with Gasteiger partial charge < -0.3 is 4.74 Å². The maximum absolute atomic E-state index is 12.2. The molecule has 1 aliphatic rings. The molecule has 2 nitrogen and oxygen atoms in total. The van der Waals surface area contributed by atoms with Gasteiger partial charge >= 0.3 is 0 Å². The maximum Gasteiger partial charge on any atom is 0.265 e. The maximum atomic E-state index is 12.2. The summed E-state index contributed by atoms with van der Waals surface area (Å²) in [7, 11) is 0. The molecule has 1 fully saturated rings. The number of morpholine rings is 1. The van der Waals surface area contributed by atoms with Crippen LogP contribution in [0.25, 0.3) is 0 Å². The van der Waals surface area contributed by atoms with Crippen LogP contribution in [-0.4, -0.2) is 43.7 Å². The normalized spacial score (nSPS) is 26.5. The summed E-state index contributed by atoms with van der Waals surface area (Å²) < 4.78 is 29.3. The van der Waals surface area contributed by atoms with Crippen molar-refractivity contribution in [1.82, 2.24) is 4.90 Å². The molecule has 0 aromatic carbocycles. The molecule has 12 heavy (non-hydrogen) atoms. The third-order valence-corrected chi connectivity index (χ3v) is 2.00. The summed E-state index contributed by atoms with van der Waals surface area (Å²) in [6.45, 7) is 4.55. The van der Waals surface area contributed by atoms with Gasteiger partial charge in [0.2, 0.25) is 0 Å². The number of hydrogen-bond acceptors (Lipinski definition) is 2. The third kappa shape index (κ3) is 2.68. The largest absolute Gasteiger partial charge is 0.370 e. The molecular formula is C8H15F2NO. The first-order valence-corrected chi connectivity index (χ1v) is 4.36. The van der Waals surface area contributed by atoms with Crippen LogP contribution in [0.5, 0.6) is 0 Å². The van der Waals surface area contributed by atoms with Crippen LogP contribution in [0, 0.1) is 0 Å². The lowest BCUT2D eigenvalue weighted by atomic mass is 10.2. The predicted octanol–water partition coefficient (Wildman–Crippen LogP) is 1.36. The highest BCUT2D eigenvalue weighted by Gasteiger charge is 2.27. The van der Waals surface area contributed by atoms with E-state index in [4.69, 9.17) is 4.74 Å². The lowest BCUT2D eigenvalue weighted by Crippen LogP contribution is -2.45. The second-order valence-corrected chi connectivity index (χ2v) is 3.04. The molecule has 0 aromatic heterocycles. The Kier molecular flexibility index (Phi) is 3.88. The number of alkyl halides is 2. The molecule has 0 saturated carbocycles. The molecule has 1 heterocycles. The van der Waals surface area contributed by atoms with Gasteiger partial charge in [-0.05, 0) is 13.0 Å². The fourth-order valence-corrected chi connectivity index (χ4v) is 1.40. The minimum absolute atomic E-state index is 0.380. The first kappa shape index (κ1) is 9.86. The average Bonchev–Trinajstić information content (AvgIpc) is 2.05. The molecule has 4 heteroatoms. The van der Waals surface area contributed by atoms with E-state index >= 15 is 0 Å². The second kappa shape index (κ2) is 4.72. The Labute approximate surface area is 71.5 Å². The number of halogens is 2. The molecular weight excluding hydrogens is 164 g/mol. The van der Waals surface area contributed by atoms with Crippen molar-refractivity contribution in [2.45, 2.75) is 25.9 Å². The van der Waals surface area contributed by atoms with Crippen LogP contribution in [0.15, 0.2) is 0 Å². The van der Waals surface area contributed by atoms with Gasteiger partial charge in [0, 0.05) is 13.1 Å². The smallest absolute Gasteiger partial charge is 0.265 e. The Balaban J connectivity index is 2.30. The fourth-order valence-electron chi connectivity index (χ4n) is 1.40. The van der Waals surface area contributed by atoms with Crippen molar-refractivity contribution in [2.75, 3.05) is 26.2 Å². The Morgan fingerprint density at radius 2 is 2.33 bits per heavy atom. The van der Waals surface area contributed by atoms with Crippen molar-refractivity contribution in [2.24, 2.45) is 0 Å². The predicted molar refractivity (Wildman–Crippen MR) is 42.5 cm³/mol. The van der Waals surface area contributed by atoms with E-state index in [1.165, 1.54) is 0 Å². The number of ether oxygens (including phenoxy) is 1. The molecule has 1 rings (SSSR count). The van der Waals surface area contributed by atoms with Crippen LogP contribution in [0.4, 0.5) is 8.78 Å². The van der Waals surface area contributed by atoms with E-state index in [0.29, 0.717) is 13.2 Å². The Morgan fingerprint density at radius 1 is 1.58 bits per heavy atom. The van der Waals surface area contributed by atoms with Crippen LogP contribution in [0.2, 0.25) is 0 Å². The minimum atomic E-state index is -2.34.